The fourth-order valence-electron chi connectivity index (χ4n) is 1.29. The van der Waals surface area contributed by atoms with Gasteiger partial charge in [0.25, 0.3) is 0 Å². The van der Waals surface area contributed by atoms with Crippen LogP contribution < -0.4 is 5.32 Å². The van der Waals surface area contributed by atoms with Crippen LogP contribution in [0.25, 0.3) is 0 Å². The molecule has 1 N–H and O–H groups in total. The van der Waals surface area contributed by atoms with E-state index in [1.807, 2.05) is 17.8 Å². The molecular weight excluding hydrogens is 176 g/mol. The zero-order chi connectivity index (χ0) is 10.4. The summed E-state index contributed by atoms with van der Waals surface area (Å²) in [5, 5.41) is 16.0. The van der Waals surface area contributed by atoms with Crippen molar-refractivity contribution in [2.75, 3.05) is 0 Å². The molecule has 1 heterocycles. The molecule has 76 valence electrons. The summed E-state index contributed by atoms with van der Waals surface area (Å²) in [4.78, 5) is 0. The van der Waals surface area contributed by atoms with Crippen LogP contribution in [0.2, 0.25) is 0 Å². The van der Waals surface area contributed by atoms with Gasteiger partial charge < -0.3 is 5.32 Å². The summed E-state index contributed by atoms with van der Waals surface area (Å²) in [5.74, 6) is 0. The zero-order valence-corrected chi connectivity index (χ0v) is 8.70. The Morgan fingerprint density at radius 1 is 1.71 bits per heavy atom. The molecule has 0 aromatic carbocycles. The third-order valence-corrected chi connectivity index (χ3v) is 2.32. The molecule has 1 rings (SSSR count). The zero-order valence-electron chi connectivity index (χ0n) is 8.70. The third kappa shape index (κ3) is 2.86. The van der Waals surface area contributed by atoms with Gasteiger partial charge in [-0.2, -0.15) is 10.4 Å². The highest BCUT2D eigenvalue weighted by atomic mass is 15.3. The molecule has 1 aromatic rings. The summed E-state index contributed by atoms with van der Waals surface area (Å²) in [6.45, 7) is 2.86. The molecule has 1 aromatic heterocycles. The van der Waals surface area contributed by atoms with E-state index >= 15 is 0 Å². The lowest BCUT2D eigenvalue weighted by Gasteiger charge is -2.13. The van der Waals surface area contributed by atoms with Crippen molar-refractivity contribution in [1.29, 1.82) is 5.26 Å². The van der Waals surface area contributed by atoms with Gasteiger partial charge in [0.1, 0.15) is 0 Å². The van der Waals surface area contributed by atoms with Crippen molar-refractivity contribution in [2.24, 2.45) is 7.05 Å². The van der Waals surface area contributed by atoms with Gasteiger partial charge in [-0.3, -0.25) is 4.68 Å². The van der Waals surface area contributed by atoms with Gasteiger partial charge in [-0.1, -0.05) is 6.92 Å². The molecule has 0 aliphatic heterocycles. The Morgan fingerprint density at radius 2 is 2.50 bits per heavy atom. The minimum Gasteiger partial charge on any atom is -0.307 e. The number of rotatable bonds is 5. The normalized spacial score (nSPS) is 12.4. The Morgan fingerprint density at radius 3 is 3.00 bits per heavy atom. The van der Waals surface area contributed by atoms with Crippen LogP contribution in [0.4, 0.5) is 0 Å². The van der Waals surface area contributed by atoms with Crippen LogP contribution in [0.5, 0.6) is 0 Å². The number of nitrogens with zero attached hydrogens (tertiary/aromatic N) is 3. The van der Waals surface area contributed by atoms with E-state index in [2.05, 4.69) is 23.4 Å². The third-order valence-electron chi connectivity index (χ3n) is 2.32. The Balaban J connectivity index is 2.40. The van der Waals surface area contributed by atoms with Crippen LogP contribution in [0.1, 0.15) is 25.5 Å². The van der Waals surface area contributed by atoms with Gasteiger partial charge >= 0.3 is 0 Å². The predicted molar refractivity (Wildman–Crippen MR) is 54.4 cm³/mol. The standard InChI is InChI=1S/C10H16N4/c1-3-9(4-6-11)12-8-10-5-7-13-14(10)2/h5,7,9,12H,3-4,8H2,1-2H3. The van der Waals surface area contributed by atoms with Crippen LogP contribution in [0, 0.1) is 11.3 Å². The summed E-state index contributed by atoms with van der Waals surface area (Å²) < 4.78 is 1.84. The molecule has 0 amide bonds. The monoisotopic (exact) mass is 192 g/mol. The second kappa shape index (κ2) is 5.40. The van der Waals surface area contributed by atoms with Crippen molar-refractivity contribution in [1.82, 2.24) is 15.1 Å². The molecule has 4 heteroatoms. The molecule has 0 aliphatic rings. The number of aromatic nitrogens is 2. The first kappa shape index (κ1) is 10.7. The van der Waals surface area contributed by atoms with E-state index in [-0.39, 0.29) is 6.04 Å². The highest BCUT2D eigenvalue weighted by molar-refractivity contribution is 4.99. The molecule has 0 fully saturated rings. The van der Waals surface area contributed by atoms with E-state index in [1.165, 1.54) is 0 Å². The second-order valence-corrected chi connectivity index (χ2v) is 3.29. The molecule has 0 saturated carbocycles. The molecule has 0 aliphatic carbocycles. The Kier molecular flexibility index (Phi) is 4.14. The van der Waals surface area contributed by atoms with Crippen LogP contribution in [0.15, 0.2) is 12.3 Å². The SMILES string of the molecule is CCC(CC#N)NCc1ccnn1C. The quantitative estimate of drug-likeness (QED) is 0.762. The van der Waals surface area contributed by atoms with E-state index in [0.29, 0.717) is 6.42 Å². The number of nitriles is 1. The van der Waals surface area contributed by atoms with Crippen LogP contribution in [-0.2, 0) is 13.6 Å². The maximum absolute atomic E-state index is 8.57. The maximum atomic E-state index is 8.57. The average molecular weight is 192 g/mol. The van der Waals surface area contributed by atoms with Gasteiger partial charge in [0.2, 0.25) is 0 Å². The Bertz CT molecular complexity index is 310. The summed E-state index contributed by atoms with van der Waals surface area (Å²) in [7, 11) is 1.92. The average Bonchev–Trinajstić information content (AvgIpc) is 2.59. The van der Waals surface area contributed by atoms with Crippen molar-refractivity contribution in [3.63, 3.8) is 0 Å². The highest BCUT2D eigenvalue weighted by Crippen LogP contribution is 2.00. The molecule has 14 heavy (non-hydrogen) atoms. The van der Waals surface area contributed by atoms with Crippen molar-refractivity contribution in [3.8, 4) is 6.07 Å². The van der Waals surface area contributed by atoms with Crippen LogP contribution in [0.3, 0.4) is 0 Å². The highest BCUT2D eigenvalue weighted by Gasteiger charge is 2.05. The van der Waals surface area contributed by atoms with Crippen molar-refractivity contribution in [2.45, 2.75) is 32.4 Å². The minimum absolute atomic E-state index is 0.287. The van der Waals surface area contributed by atoms with E-state index in [0.717, 1.165) is 18.7 Å². The first-order valence-corrected chi connectivity index (χ1v) is 4.85. The lowest BCUT2D eigenvalue weighted by atomic mass is 10.1. The molecule has 0 spiro atoms. The van der Waals surface area contributed by atoms with Gasteiger partial charge in [-0.15, -0.1) is 0 Å². The van der Waals surface area contributed by atoms with E-state index in [4.69, 9.17) is 5.26 Å². The van der Waals surface area contributed by atoms with Gasteiger partial charge in [0.15, 0.2) is 0 Å². The summed E-state index contributed by atoms with van der Waals surface area (Å²) in [6.07, 6.45) is 3.32. The minimum atomic E-state index is 0.287. The smallest absolute Gasteiger partial charge is 0.0638 e. The maximum Gasteiger partial charge on any atom is 0.0638 e. The number of hydrogen-bond acceptors (Lipinski definition) is 3. The van der Waals surface area contributed by atoms with E-state index in [1.54, 1.807) is 6.20 Å². The first-order chi connectivity index (χ1) is 6.77. The van der Waals surface area contributed by atoms with Gasteiger partial charge in [0.05, 0.1) is 18.2 Å². The first-order valence-electron chi connectivity index (χ1n) is 4.85. The number of hydrogen-bond donors (Lipinski definition) is 1. The fourth-order valence-corrected chi connectivity index (χ4v) is 1.29. The molecule has 1 unspecified atom stereocenters. The topological polar surface area (TPSA) is 53.6 Å². The van der Waals surface area contributed by atoms with Crippen molar-refractivity contribution < 1.29 is 0 Å². The lowest BCUT2D eigenvalue weighted by molar-refractivity contribution is 0.491. The second-order valence-electron chi connectivity index (χ2n) is 3.29. The van der Waals surface area contributed by atoms with Gasteiger partial charge in [-0.05, 0) is 12.5 Å². The molecule has 0 radical (unpaired) electrons. The van der Waals surface area contributed by atoms with Crippen LogP contribution >= 0.6 is 0 Å². The van der Waals surface area contributed by atoms with E-state index in [9.17, 15) is 0 Å². The predicted octanol–water partition coefficient (Wildman–Crippen LogP) is 1.20. The van der Waals surface area contributed by atoms with Crippen molar-refractivity contribution >= 4 is 0 Å². The van der Waals surface area contributed by atoms with Gasteiger partial charge in [0, 0.05) is 25.8 Å². The summed E-state index contributed by atoms with van der Waals surface area (Å²) in [5.41, 5.74) is 1.14. The molecule has 1 atom stereocenters. The molecule has 0 bridgehead atoms. The Labute approximate surface area is 84.5 Å². The number of nitrogens with one attached hydrogen (secondary N) is 1. The molecule has 4 nitrogen and oxygen atoms in total. The molecular formula is C10H16N4. The van der Waals surface area contributed by atoms with Crippen LogP contribution in [-0.4, -0.2) is 15.8 Å². The van der Waals surface area contributed by atoms with E-state index < -0.39 is 0 Å². The summed E-state index contributed by atoms with van der Waals surface area (Å²) in [6, 6.07) is 4.44. The molecule has 0 saturated heterocycles. The largest absolute Gasteiger partial charge is 0.307 e. The fraction of sp³-hybridized carbons (Fsp3) is 0.600. The number of aryl methyl sites for hydroxylation is 1. The lowest BCUT2D eigenvalue weighted by Crippen LogP contribution is -2.28. The summed E-state index contributed by atoms with van der Waals surface area (Å²) >= 11 is 0. The Hall–Kier alpha value is -1.34. The van der Waals surface area contributed by atoms with Crippen molar-refractivity contribution in [3.05, 3.63) is 18.0 Å². The van der Waals surface area contributed by atoms with Gasteiger partial charge in [-0.25, -0.2) is 0 Å².